The van der Waals surface area contributed by atoms with Crippen LogP contribution in [0.1, 0.15) is 5.56 Å². The highest BCUT2D eigenvalue weighted by Gasteiger charge is 2.06. The van der Waals surface area contributed by atoms with Gasteiger partial charge in [-0.25, -0.2) is 0 Å². The van der Waals surface area contributed by atoms with Gasteiger partial charge in [0.15, 0.2) is 0 Å². The highest BCUT2D eigenvalue weighted by molar-refractivity contribution is 5.89. The van der Waals surface area contributed by atoms with Crippen molar-refractivity contribution in [2.45, 2.75) is 6.61 Å². The maximum Gasteiger partial charge on any atom is 0.134 e. The summed E-state index contributed by atoms with van der Waals surface area (Å²) < 4.78 is 7.40. The highest BCUT2D eigenvalue weighted by Crippen LogP contribution is 2.23. The first kappa shape index (κ1) is 13.1. The van der Waals surface area contributed by atoms with Gasteiger partial charge in [-0.05, 0) is 17.7 Å². The number of pyridine rings is 1. The Morgan fingerprint density at radius 3 is 2.48 bits per heavy atom. The van der Waals surface area contributed by atoms with Crippen LogP contribution in [-0.2, 0) is 6.61 Å². The summed E-state index contributed by atoms with van der Waals surface area (Å²) >= 11 is 0. The largest absolute Gasteiger partial charge is 0.488 e. The van der Waals surface area contributed by atoms with Crippen molar-refractivity contribution < 1.29 is 4.74 Å². The minimum absolute atomic E-state index is 0.228. The second kappa shape index (κ2) is 5.63. The monoisotopic (exact) mass is 277 g/mol. The van der Waals surface area contributed by atoms with Gasteiger partial charge in [0.05, 0.1) is 11.9 Å². The van der Waals surface area contributed by atoms with Crippen LogP contribution in [0.3, 0.4) is 0 Å². The van der Waals surface area contributed by atoms with Gasteiger partial charge in [-0.2, -0.15) is 0 Å². The van der Waals surface area contributed by atoms with E-state index in [1.165, 1.54) is 4.57 Å². The Morgan fingerprint density at radius 1 is 1.00 bits per heavy atom. The van der Waals surface area contributed by atoms with Crippen molar-refractivity contribution in [3.63, 3.8) is 0 Å². The summed E-state index contributed by atoms with van der Waals surface area (Å²) in [5.74, 6) is 0.664. The summed E-state index contributed by atoms with van der Waals surface area (Å²) in [6.07, 6.45) is 1.14. The van der Waals surface area contributed by atoms with Gasteiger partial charge in [0, 0.05) is 11.5 Å². The molecule has 1 aromatic heterocycles. The standard InChI is InChI=1S/C17H15N3O/c18-12-20-15-9-5-4-8-14(15)16(10-17(20)19)21-11-13-6-2-1-3-7-13/h1-10,12,18-19H,11H2. The van der Waals surface area contributed by atoms with Crippen LogP contribution in [0, 0.1) is 10.8 Å². The molecular formula is C17H15N3O. The van der Waals surface area contributed by atoms with Crippen molar-refractivity contribution in [3.05, 3.63) is 71.7 Å². The summed E-state index contributed by atoms with van der Waals surface area (Å²) in [7, 11) is 0. The Balaban J connectivity index is 2.03. The molecule has 0 aliphatic heterocycles. The molecule has 0 aliphatic rings. The topological polar surface area (TPSA) is 61.9 Å². The number of rotatable bonds is 4. The molecule has 0 atom stereocenters. The van der Waals surface area contributed by atoms with E-state index in [9.17, 15) is 0 Å². The molecule has 104 valence electrons. The number of para-hydroxylation sites is 1. The first-order chi connectivity index (χ1) is 10.3. The predicted octanol–water partition coefficient (Wildman–Crippen LogP) is 3.15. The summed E-state index contributed by atoms with van der Waals surface area (Å²) in [6.45, 7) is 0.457. The van der Waals surface area contributed by atoms with Crippen molar-refractivity contribution in [2.24, 2.45) is 0 Å². The van der Waals surface area contributed by atoms with Crippen molar-refractivity contribution >= 4 is 17.2 Å². The lowest BCUT2D eigenvalue weighted by atomic mass is 10.2. The van der Waals surface area contributed by atoms with Gasteiger partial charge < -0.3 is 4.74 Å². The molecule has 0 aliphatic carbocycles. The maximum absolute atomic E-state index is 8.01. The Bertz CT molecular complexity index is 838. The number of benzene rings is 2. The number of aromatic nitrogens is 1. The van der Waals surface area contributed by atoms with E-state index < -0.39 is 0 Å². The van der Waals surface area contributed by atoms with Gasteiger partial charge in [-0.15, -0.1) is 0 Å². The van der Waals surface area contributed by atoms with Crippen LogP contribution in [0.4, 0.5) is 0 Å². The minimum atomic E-state index is 0.228. The van der Waals surface area contributed by atoms with Crippen LogP contribution in [0.15, 0.2) is 60.7 Å². The Hall–Kier alpha value is -2.88. The van der Waals surface area contributed by atoms with E-state index in [0.29, 0.717) is 12.4 Å². The van der Waals surface area contributed by atoms with Gasteiger partial charge in [-0.3, -0.25) is 15.4 Å². The summed E-state index contributed by atoms with van der Waals surface area (Å²) in [6, 6.07) is 19.2. The third-order valence-corrected chi connectivity index (χ3v) is 3.32. The zero-order chi connectivity index (χ0) is 14.7. The molecule has 3 aromatic rings. The summed E-state index contributed by atoms with van der Waals surface area (Å²) in [5.41, 5.74) is 2.10. The summed E-state index contributed by atoms with van der Waals surface area (Å²) in [4.78, 5) is 0. The van der Waals surface area contributed by atoms with Gasteiger partial charge in [0.1, 0.15) is 17.8 Å². The van der Waals surface area contributed by atoms with Gasteiger partial charge in [0.25, 0.3) is 0 Å². The maximum atomic E-state index is 8.01. The average molecular weight is 277 g/mol. The van der Waals surface area contributed by atoms with E-state index in [-0.39, 0.29) is 5.49 Å². The fourth-order valence-electron chi connectivity index (χ4n) is 2.29. The van der Waals surface area contributed by atoms with Gasteiger partial charge in [0.2, 0.25) is 0 Å². The predicted molar refractivity (Wildman–Crippen MR) is 82.7 cm³/mol. The van der Waals surface area contributed by atoms with Gasteiger partial charge in [-0.1, -0.05) is 42.5 Å². The lowest BCUT2D eigenvalue weighted by Gasteiger charge is -2.12. The number of nitrogens with zero attached hydrogens (tertiary/aromatic N) is 1. The second-order valence-corrected chi connectivity index (χ2v) is 4.68. The number of nitrogens with one attached hydrogen (secondary N) is 2. The molecule has 0 bridgehead atoms. The zero-order valence-corrected chi connectivity index (χ0v) is 11.4. The van der Waals surface area contributed by atoms with Crippen LogP contribution in [0.5, 0.6) is 5.75 Å². The number of hydrogen-bond donors (Lipinski definition) is 2. The molecule has 3 rings (SSSR count). The molecule has 0 spiro atoms. The number of hydrogen-bond acceptors (Lipinski definition) is 3. The normalized spacial score (nSPS) is 10.5. The van der Waals surface area contributed by atoms with E-state index in [1.807, 2.05) is 54.6 Å². The van der Waals surface area contributed by atoms with E-state index in [1.54, 1.807) is 6.07 Å². The molecule has 2 N–H and O–H groups in total. The molecule has 0 amide bonds. The first-order valence-corrected chi connectivity index (χ1v) is 6.66. The minimum Gasteiger partial charge on any atom is -0.488 e. The van der Waals surface area contributed by atoms with Crippen LogP contribution < -0.4 is 10.2 Å². The molecule has 0 saturated carbocycles. The molecule has 4 nitrogen and oxygen atoms in total. The number of fused-ring (bicyclic) bond motifs is 1. The molecule has 4 heteroatoms. The third kappa shape index (κ3) is 2.56. The molecule has 2 aromatic carbocycles. The molecule has 21 heavy (non-hydrogen) atoms. The van der Waals surface area contributed by atoms with Crippen LogP contribution >= 0.6 is 0 Å². The fraction of sp³-hybridized carbons (Fsp3) is 0.0588. The average Bonchev–Trinajstić information content (AvgIpc) is 2.54. The smallest absolute Gasteiger partial charge is 0.134 e. The molecule has 0 saturated heterocycles. The number of ether oxygens (including phenoxy) is 1. The second-order valence-electron chi connectivity index (χ2n) is 4.68. The molecule has 1 heterocycles. The quantitative estimate of drug-likeness (QED) is 0.558. The Kier molecular flexibility index (Phi) is 3.51. The lowest BCUT2D eigenvalue weighted by Crippen LogP contribution is -2.19. The van der Waals surface area contributed by atoms with Crippen molar-refractivity contribution in [1.82, 2.24) is 4.57 Å². The van der Waals surface area contributed by atoms with Crippen LogP contribution in [0.25, 0.3) is 10.9 Å². The lowest BCUT2D eigenvalue weighted by molar-refractivity contribution is 0.309. The van der Waals surface area contributed by atoms with E-state index >= 15 is 0 Å². The first-order valence-electron chi connectivity index (χ1n) is 6.66. The SMILES string of the molecule is N=Cn1c(=N)cc(OCc2ccccc2)c2ccccc21. The molecule has 0 unspecified atom stereocenters. The molecule has 0 radical (unpaired) electrons. The van der Waals surface area contributed by atoms with Crippen molar-refractivity contribution in [1.29, 1.82) is 10.8 Å². The Morgan fingerprint density at radius 2 is 1.71 bits per heavy atom. The van der Waals surface area contributed by atoms with E-state index in [4.69, 9.17) is 15.6 Å². The van der Waals surface area contributed by atoms with E-state index in [2.05, 4.69) is 0 Å². The molecule has 0 fully saturated rings. The third-order valence-electron chi connectivity index (χ3n) is 3.32. The fourth-order valence-corrected chi connectivity index (χ4v) is 2.29. The van der Waals surface area contributed by atoms with Crippen molar-refractivity contribution in [3.8, 4) is 5.75 Å². The van der Waals surface area contributed by atoms with Crippen molar-refractivity contribution in [2.75, 3.05) is 0 Å². The molecular weight excluding hydrogens is 262 g/mol. The Labute approximate surface area is 122 Å². The van der Waals surface area contributed by atoms with Crippen LogP contribution in [0.2, 0.25) is 0 Å². The van der Waals surface area contributed by atoms with Gasteiger partial charge >= 0.3 is 0 Å². The van der Waals surface area contributed by atoms with E-state index in [0.717, 1.165) is 22.8 Å². The highest BCUT2D eigenvalue weighted by atomic mass is 16.5. The van der Waals surface area contributed by atoms with Crippen LogP contribution in [-0.4, -0.2) is 10.9 Å². The zero-order valence-electron chi connectivity index (χ0n) is 11.4. The summed E-state index contributed by atoms with van der Waals surface area (Å²) in [5, 5.41) is 16.4.